The molecule has 1 atom stereocenters. The standard InChI is InChI=1S/C30H27FN4O4S/c1-35-25(36)12-11-19-14-21(16-32-29(19)35)22-9-5-6-10-23(22)27-28(31)40-24(34-27)17-33-30(39)20(15-26(37)38)13-18-7-3-2-4-8-18/h2-10,14,16,20H,11-13,15,17H2,1H3,(H,33,39)(H,37,38)/t20-/m1/s1. The van der Waals surface area contributed by atoms with Gasteiger partial charge in [-0.1, -0.05) is 65.9 Å². The number of aliphatic carboxylic acids is 1. The van der Waals surface area contributed by atoms with Gasteiger partial charge in [-0.25, -0.2) is 9.97 Å². The van der Waals surface area contributed by atoms with E-state index in [1.165, 1.54) is 0 Å². The van der Waals surface area contributed by atoms with Gasteiger partial charge in [0, 0.05) is 30.8 Å². The first-order valence-electron chi connectivity index (χ1n) is 12.8. The number of pyridine rings is 1. The molecule has 204 valence electrons. The van der Waals surface area contributed by atoms with Gasteiger partial charge in [-0.15, -0.1) is 0 Å². The van der Waals surface area contributed by atoms with Gasteiger partial charge in [0.25, 0.3) is 0 Å². The zero-order valence-corrected chi connectivity index (χ0v) is 22.6. The molecule has 5 rings (SSSR count). The van der Waals surface area contributed by atoms with Crippen LogP contribution in [0.3, 0.4) is 0 Å². The van der Waals surface area contributed by atoms with Crippen molar-refractivity contribution in [1.82, 2.24) is 15.3 Å². The maximum Gasteiger partial charge on any atom is 0.304 e. The first kappa shape index (κ1) is 27.1. The van der Waals surface area contributed by atoms with Crippen LogP contribution in [-0.4, -0.2) is 39.9 Å². The summed E-state index contributed by atoms with van der Waals surface area (Å²) >= 11 is 0.839. The SMILES string of the molecule is CN1C(=O)CCc2cc(-c3ccccc3-c3nc(CNC(=O)[C@@H](CC(=O)O)Cc4ccccc4)sc3F)cnc21. The highest BCUT2D eigenvalue weighted by atomic mass is 32.1. The molecular formula is C30H27FN4O4S. The molecule has 0 saturated heterocycles. The number of carboxylic acids is 1. The number of carbonyl (C=O) groups excluding carboxylic acids is 2. The van der Waals surface area contributed by atoms with E-state index in [9.17, 15) is 19.5 Å². The highest BCUT2D eigenvalue weighted by Gasteiger charge is 2.25. The van der Waals surface area contributed by atoms with E-state index < -0.39 is 22.9 Å². The number of fused-ring (bicyclic) bond motifs is 1. The van der Waals surface area contributed by atoms with Crippen molar-refractivity contribution in [1.29, 1.82) is 0 Å². The molecule has 3 heterocycles. The average Bonchev–Trinajstić information content (AvgIpc) is 3.33. The quantitative estimate of drug-likeness (QED) is 0.303. The summed E-state index contributed by atoms with van der Waals surface area (Å²) in [7, 11) is 1.71. The average molecular weight is 559 g/mol. The van der Waals surface area contributed by atoms with Crippen LogP contribution in [0.15, 0.2) is 66.9 Å². The maximum absolute atomic E-state index is 15.2. The third kappa shape index (κ3) is 5.91. The second-order valence-electron chi connectivity index (χ2n) is 9.64. The number of hydrogen-bond donors (Lipinski definition) is 2. The summed E-state index contributed by atoms with van der Waals surface area (Å²) in [4.78, 5) is 46.9. The van der Waals surface area contributed by atoms with Gasteiger partial charge in [0.15, 0.2) is 0 Å². The summed E-state index contributed by atoms with van der Waals surface area (Å²) in [6, 6.07) is 18.5. The lowest BCUT2D eigenvalue weighted by Gasteiger charge is -2.25. The smallest absolute Gasteiger partial charge is 0.304 e. The number of carbonyl (C=O) groups is 3. The Morgan fingerprint density at radius 1 is 1.10 bits per heavy atom. The number of thiazole rings is 1. The predicted octanol–water partition coefficient (Wildman–Crippen LogP) is 4.87. The number of aromatic nitrogens is 2. The number of carboxylic acid groups (broad SMARTS) is 1. The third-order valence-corrected chi connectivity index (χ3v) is 7.74. The summed E-state index contributed by atoms with van der Waals surface area (Å²) in [5.74, 6) is -1.61. The molecule has 0 fully saturated rings. The second-order valence-corrected chi connectivity index (χ2v) is 10.7. The van der Waals surface area contributed by atoms with Gasteiger partial charge in [-0.05, 0) is 35.6 Å². The van der Waals surface area contributed by atoms with E-state index in [1.54, 1.807) is 30.3 Å². The Kier molecular flexibility index (Phi) is 7.97. The molecule has 2 aromatic heterocycles. The number of nitrogens with one attached hydrogen (secondary N) is 1. The fraction of sp³-hybridized carbons (Fsp3) is 0.233. The minimum absolute atomic E-state index is 0.0196. The molecule has 1 aliphatic rings. The van der Waals surface area contributed by atoms with Crippen LogP contribution in [0.2, 0.25) is 0 Å². The monoisotopic (exact) mass is 558 g/mol. The minimum atomic E-state index is -1.06. The molecule has 4 aromatic rings. The third-order valence-electron chi connectivity index (χ3n) is 6.90. The van der Waals surface area contributed by atoms with Gasteiger partial charge in [0.1, 0.15) is 16.5 Å². The minimum Gasteiger partial charge on any atom is -0.481 e. The second kappa shape index (κ2) is 11.7. The molecule has 0 unspecified atom stereocenters. The van der Waals surface area contributed by atoms with Crippen LogP contribution in [0.25, 0.3) is 22.4 Å². The van der Waals surface area contributed by atoms with Crippen molar-refractivity contribution in [2.24, 2.45) is 5.92 Å². The van der Waals surface area contributed by atoms with E-state index in [0.717, 1.165) is 33.6 Å². The number of hydrogen-bond acceptors (Lipinski definition) is 6. The first-order chi connectivity index (χ1) is 19.3. The van der Waals surface area contributed by atoms with E-state index in [1.807, 2.05) is 48.5 Å². The molecule has 10 heteroatoms. The molecule has 0 spiro atoms. The van der Waals surface area contributed by atoms with E-state index in [0.29, 0.717) is 29.2 Å². The summed E-state index contributed by atoms with van der Waals surface area (Å²) in [6.07, 6.45) is 2.63. The number of halogens is 1. The zero-order valence-electron chi connectivity index (χ0n) is 21.8. The topological polar surface area (TPSA) is 112 Å². The maximum atomic E-state index is 15.2. The van der Waals surface area contributed by atoms with Crippen LogP contribution < -0.4 is 10.2 Å². The number of anilines is 1. The van der Waals surface area contributed by atoms with Crippen molar-refractivity contribution in [2.75, 3.05) is 11.9 Å². The number of nitrogens with zero attached hydrogens (tertiary/aromatic N) is 3. The fourth-order valence-electron chi connectivity index (χ4n) is 4.86. The molecule has 8 nitrogen and oxygen atoms in total. The fourth-order valence-corrected chi connectivity index (χ4v) is 5.60. The van der Waals surface area contributed by atoms with Crippen molar-refractivity contribution in [3.8, 4) is 22.4 Å². The van der Waals surface area contributed by atoms with Crippen LogP contribution in [0, 0.1) is 11.0 Å². The van der Waals surface area contributed by atoms with E-state index in [2.05, 4.69) is 15.3 Å². The molecule has 2 N–H and O–H groups in total. The Morgan fingerprint density at radius 3 is 2.58 bits per heavy atom. The van der Waals surface area contributed by atoms with Crippen molar-refractivity contribution >= 4 is 34.9 Å². The van der Waals surface area contributed by atoms with Gasteiger partial charge in [0.05, 0.1) is 18.9 Å². The zero-order chi connectivity index (χ0) is 28.2. The summed E-state index contributed by atoms with van der Waals surface area (Å²) in [6.45, 7) is -0.0196. The lowest BCUT2D eigenvalue weighted by molar-refractivity contribution is -0.141. The Bertz CT molecular complexity index is 1570. The first-order valence-corrected chi connectivity index (χ1v) is 13.7. The van der Waals surface area contributed by atoms with E-state index >= 15 is 4.39 Å². The highest BCUT2D eigenvalue weighted by Crippen LogP contribution is 2.36. The molecule has 2 aromatic carbocycles. The predicted molar refractivity (Wildman–Crippen MR) is 150 cm³/mol. The van der Waals surface area contributed by atoms with Gasteiger partial charge in [-0.3, -0.25) is 19.3 Å². The molecular weight excluding hydrogens is 531 g/mol. The number of benzene rings is 2. The van der Waals surface area contributed by atoms with Crippen molar-refractivity contribution in [3.05, 3.63) is 88.1 Å². The molecule has 0 radical (unpaired) electrons. The summed E-state index contributed by atoms with van der Waals surface area (Å²) in [5.41, 5.74) is 4.10. The van der Waals surface area contributed by atoms with Gasteiger partial charge in [0.2, 0.25) is 16.9 Å². The van der Waals surface area contributed by atoms with Gasteiger partial charge < -0.3 is 10.4 Å². The molecule has 40 heavy (non-hydrogen) atoms. The van der Waals surface area contributed by atoms with Crippen molar-refractivity contribution in [3.63, 3.8) is 0 Å². The Hall–Kier alpha value is -4.44. The number of rotatable bonds is 9. The van der Waals surface area contributed by atoms with Crippen molar-refractivity contribution < 1.29 is 23.9 Å². The molecule has 0 saturated carbocycles. The molecule has 2 amide bonds. The lowest BCUT2D eigenvalue weighted by atomic mass is 9.95. The Morgan fingerprint density at radius 2 is 1.82 bits per heavy atom. The van der Waals surface area contributed by atoms with Crippen LogP contribution >= 0.6 is 11.3 Å². The summed E-state index contributed by atoms with van der Waals surface area (Å²) < 4.78 is 15.2. The van der Waals surface area contributed by atoms with E-state index in [4.69, 9.17) is 0 Å². The lowest BCUT2D eigenvalue weighted by Crippen LogP contribution is -2.33. The molecule has 1 aliphatic heterocycles. The van der Waals surface area contributed by atoms with Gasteiger partial charge in [-0.2, -0.15) is 4.39 Å². The number of aryl methyl sites for hydroxylation is 1. The number of amides is 2. The largest absolute Gasteiger partial charge is 0.481 e. The normalized spacial score (nSPS) is 13.6. The van der Waals surface area contributed by atoms with Crippen LogP contribution in [0.1, 0.15) is 29.0 Å². The van der Waals surface area contributed by atoms with Gasteiger partial charge >= 0.3 is 5.97 Å². The molecule has 0 aliphatic carbocycles. The van der Waals surface area contributed by atoms with Crippen LogP contribution in [-0.2, 0) is 33.8 Å². The highest BCUT2D eigenvalue weighted by molar-refractivity contribution is 7.10. The van der Waals surface area contributed by atoms with E-state index in [-0.39, 0.29) is 31.0 Å². The van der Waals surface area contributed by atoms with Crippen LogP contribution in [0.5, 0.6) is 0 Å². The summed E-state index contributed by atoms with van der Waals surface area (Å²) in [5, 5.41) is 11.9. The van der Waals surface area contributed by atoms with Crippen molar-refractivity contribution in [2.45, 2.75) is 32.2 Å². The molecule has 0 bridgehead atoms. The Balaban J connectivity index is 1.35. The van der Waals surface area contributed by atoms with Crippen LogP contribution in [0.4, 0.5) is 10.2 Å². The Labute approximate surface area is 234 Å².